The maximum atomic E-state index is 13.9. The Morgan fingerprint density at radius 1 is 0.694 bits per heavy atom. The highest BCUT2D eigenvalue weighted by Crippen LogP contribution is 2.30. The molecule has 0 radical (unpaired) electrons. The molecular weight excluding hydrogens is 669 g/mol. The van der Waals surface area contributed by atoms with Gasteiger partial charge in [0.05, 0.1) is 21.3 Å². The molecule has 10 heteroatoms. The number of nitrogens with one attached hydrogen (secondary N) is 2. The van der Waals surface area contributed by atoms with Gasteiger partial charge in [-0.1, -0.05) is 98.6 Å². The zero-order chi connectivity index (χ0) is 35.5. The summed E-state index contributed by atoms with van der Waals surface area (Å²) in [6, 6.07) is 25.8. The number of rotatable bonds is 9. The van der Waals surface area contributed by atoms with Gasteiger partial charge in [0.2, 0.25) is 0 Å². The molecule has 0 bridgehead atoms. The molecule has 2 amide bonds. The van der Waals surface area contributed by atoms with Crippen LogP contribution in [-0.4, -0.2) is 28.9 Å². The predicted molar refractivity (Wildman–Crippen MR) is 189 cm³/mol. The van der Waals surface area contributed by atoms with Gasteiger partial charge in [0.1, 0.15) is 17.7 Å². The number of carboxylic acid groups (broad SMARTS) is 1. The maximum Gasteiger partial charge on any atom is 0.326 e. The quantitative estimate of drug-likeness (QED) is 0.143. The smallest absolute Gasteiger partial charge is 0.326 e. The molecule has 0 aromatic heterocycles. The summed E-state index contributed by atoms with van der Waals surface area (Å²) in [6.07, 6.45) is -0.0550. The average molecular weight is 702 g/mol. The lowest BCUT2D eigenvalue weighted by Crippen LogP contribution is -2.42. The Morgan fingerprint density at radius 3 is 1.73 bits per heavy atom. The predicted octanol–water partition coefficient (Wildman–Crippen LogP) is 9.58. The lowest BCUT2D eigenvalue weighted by molar-refractivity contribution is -0.139. The van der Waals surface area contributed by atoms with E-state index in [2.05, 4.69) is 31.4 Å². The van der Waals surface area contributed by atoms with Crippen LogP contribution in [0.2, 0.25) is 10.0 Å². The Bertz CT molecular complexity index is 2040. The van der Waals surface area contributed by atoms with Crippen molar-refractivity contribution >= 4 is 46.7 Å². The summed E-state index contributed by atoms with van der Waals surface area (Å²) in [7, 11) is 0. The monoisotopic (exact) mass is 700 g/mol. The van der Waals surface area contributed by atoms with E-state index in [0.717, 1.165) is 11.1 Å². The van der Waals surface area contributed by atoms with E-state index in [4.69, 9.17) is 23.2 Å². The lowest BCUT2D eigenvalue weighted by atomic mass is 9.86. The van der Waals surface area contributed by atoms with Gasteiger partial charge in [-0.25, -0.2) is 13.6 Å². The van der Waals surface area contributed by atoms with Crippen LogP contribution >= 0.6 is 23.2 Å². The van der Waals surface area contributed by atoms with E-state index in [1.807, 2.05) is 12.1 Å². The molecule has 3 N–H and O–H groups in total. The number of carbonyl (C=O) groups is 3. The Morgan fingerprint density at radius 2 is 1.20 bits per heavy atom. The molecule has 5 rings (SSSR count). The van der Waals surface area contributed by atoms with Gasteiger partial charge in [0.25, 0.3) is 11.8 Å². The third kappa shape index (κ3) is 8.52. The standard InChI is InChI=1S/C39H32Cl2F2N2O4/c1-39(2,3)28-13-8-24(9-14-28)36(46)44-34-17-12-25(27-11-16-33(43)31(41)21-27)19-29(34)37(47)45-35(38(48)49)18-22-4-6-23(7-5-22)26-10-15-32(42)30(40)20-26/h4-17,19-21,35H,18H2,1-3H3,(H,44,46)(H,45,47)(H,48,49). The van der Waals surface area contributed by atoms with Crippen LogP contribution in [-0.2, 0) is 16.6 Å². The maximum absolute atomic E-state index is 13.9. The van der Waals surface area contributed by atoms with Crippen molar-refractivity contribution < 1.29 is 28.3 Å². The Hall–Kier alpha value is -5.05. The summed E-state index contributed by atoms with van der Waals surface area (Å²) in [4.78, 5) is 39.4. The first-order valence-corrected chi connectivity index (χ1v) is 16.0. The van der Waals surface area contributed by atoms with E-state index in [9.17, 15) is 28.3 Å². The highest BCUT2D eigenvalue weighted by atomic mass is 35.5. The van der Waals surface area contributed by atoms with Crippen molar-refractivity contribution in [3.05, 3.63) is 147 Å². The number of halogens is 4. The minimum Gasteiger partial charge on any atom is -0.480 e. The first kappa shape index (κ1) is 35.3. The van der Waals surface area contributed by atoms with Gasteiger partial charge in [-0.05, 0) is 87.3 Å². The molecule has 0 saturated carbocycles. The van der Waals surface area contributed by atoms with Gasteiger partial charge in [0, 0.05) is 12.0 Å². The van der Waals surface area contributed by atoms with E-state index >= 15 is 0 Å². The van der Waals surface area contributed by atoms with E-state index in [0.29, 0.717) is 27.8 Å². The van der Waals surface area contributed by atoms with Crippen LogP contribution in [0.5, 0.6) is 0 Å². The third-order valence-corrected chi connectivity index (χ3v) is 8.61. The van der Waals surface area contributed by atoms with Crippen LogP contribution in [0.1, 0.15) is 52.6 Å². The highest BCUT2D eigenvalue weighted by molar-refractivity contribution is 6.31. The van der Waals surface area contributed by atoms with Crippen molar-refractivity contribution in [1.82, 2.24) is 5.32 Å². The van der Waals surface area contributed by atoms with Gasteiger partial charge >= 0.3 is 5.97 Å². The summed E-state index contributed by atoms with van der Waals surface area (Å²) < 4.78 is 27.5. The molecule has 0 aliphatic rings. The zero-order valence-corrected chi connectivity index (χ0v) is 28.3. The third-order valence-electron chi connectivity index (χ3n) is 8.03. The second-order valence-corrected chi connectivity index (χ2v) is 13.4. The number of amides is 2. The second-order valence-electron chi connectivity index (χ2n) is 12.6. The number of anilines is 1. The number of hydrogen-bond donors (Lipinski definition) is 3. The molecule has 0 saturated heterocycles. The second kappa shape index (κ2) is 14.6. The van der Waals surface area contributed by atoms with Gasteiger partial charge < -0.3 is 15.7 Å². The molecule has 1 atom stereocenters. The fraction of sp³-hybridized carbons (Fsp3) is 0.154. The minimum atomic E-state index is -1.34. The summed E-state index contributed by atoms with van der Waals surface area (Å²) in [6.45, 7) is 6.19. The van der Waals surface area contributed by atoms with Crippen LogP contribution in [0.3, 0.4) is 0 Å². The van der Waals surface area contributed by atoms with E-state index in [1.165, 1.54) is 42.5 Å². The molecule has 49 heavy (non-hydrogen) atoms. The first-order valence-electron chi connectivity index (χ1n) is 15.3. The molecule has 5 aromatic carbocycles. The minimum absolute atomic E-state index is 0.00704. The summed E-state index contributed by atoms with van der Waals surface area (Å²) >= 11 is 11.9. The molecule has 0 aliphatic heterocycles. The summed E-state index contributed by atoms with van der Waals surface area (Å²) in [5.41, 5.74) is 4.47. The molecule has 6 nitrogen and oxygen atoms in total. The van der Waals surface area contributed by atoms with Crippen LogP contribution in [0, 0.1) is 11.6 Å². The number of hydrogen-bond acceptors (Lipinski definition) is 3. The van der Waals surface area contributed by atoms with Crippen molar-refractivity contribution in [3.8, 4) is 22.3 Å². The van der Waals surface area contributed by atoms with Crippen LogP contribution in [0.25, 0.3) is 22.3 Å². The van der Waals surface area contributed by atoms with E-state index in [-0.39, 0.29) is 33.1 Å². The molecule has 5 aromatic rings. The van der Waals surface area contributed by atoms with Crippen LogP contribution in [0.15, 0.2) is 103 Å². The van der Waals surface area contributed by atoms with E-state index in [1.54, 1.807) is 48.5 Å². The average Bonchev–Trinajstić information content (AvgIpc) is 3.07. The van der Waals surface area contributed by atoms with Crippen molar-refractivity contribution in [2.75, 3.05) is 5.32 Å². The summed E-state index contributed by atoms with van der Waals surface area (Å²) in [5, 5.41) is 15.3. The number of aliphatic carboxylic acids is 1. The van der Waals surface area contributed by atoms with Crippen molar-refractivity contribution in [2.24, 2.45) is 0 Å². The molecular formula is C39H32Cl2F2N2O4. The molecule has 1 unspecified atom stereocenters. The molecule has 0 aliphatic carbocycles. The fourth-order valence-corrected chi connectivity index (χ4v) is 5.55. The number of benzene rings is 5. The molecule has 0 heterocycles. The topological polar surface area (TPSA) is 95.5 Å². The number of carbonyl (C=O) groups excluding carboxylic acids is 2. The van der Waals surface area contributed by atoms with Crippen molar-refractivity contribution in [2.45, 2.75) is 38.6 Å². The first-order chi connectivity index (χ1) is 23.2. The van der Waals surface area contributed by atoms with Crippen LogP contribution < -0.4 is 10.6 Å². The van der Waals surface area contributed by atoms with Crippen molar-refractivity contribution in [1.29, 1.82) is 0 Å². The normalized spacial score (nSPS) is 11.9. The Labute approximate surface area is 292 Å². The van der Waals surface area contributed by atoms with Crippen LogP contribution in [0.4, 0.5) is 14.5 Å². The van der Waals surface area contributed by atoms with E-state index < -0.39 is 35.5 Å². The van der Waals surface area contributed by atoms with Gasteiger partial charge in [-0.15, -0.1) is 0 Å². The van der Waals surface area contributed by atoms with Gasteiger partial charge in [-0.3, -0.25) is 9.59 Å². The van der Waals surface area contributed by atoms with Crippen molar-refractivity contribution in [3.63, 3.8) is 0 Å². The summed E-state index contributed by atoms with van der Waals surface area (Å²) in [5.74, 6) is -3.63. The molecule has 250 valence electrons. The Balaban J connectivity index is 1.42. The SMILES string of the molecule is CC(C)(C)c1ccc(C(=O)Nc2ccc(-c3ccc(F)c(Cl)c3)cc2C(=O)NC(Cc2ccc(-c3ccc(F)c(Cl)c3)cc2)C(=O)O)cc1. The van der Waals surface area contributed by atoms with Gasteiger partial charge in [0.15, 0.2) is 0 Å². The largest absolute Gasteiger partial charge is 0.480 e. The Kier molecular flexibility index (Phi) is 10.5. The number of carboxylic acids is 1. The fourth-order valence-electron chi connectivity index (χ4n) is 5.19. The lowest BCUT2D eigenvalue weighted by Gasteiger charge is -2.19. The molecule has 0 fully saturated rings. The highest BCUT2D eigenvalue weighted by Gasteiger charge is 2.24. The zero-order valence-electron chi connectivity index (χ0n) is 26.8. The molecule has 0 spiro atoms. The van der Waals surface area contributed by atoms with Gasteiger partial charge in [-0.2, -0.15) is 0 Å².